The number of halogens is 2. The van der Waals surface area contributed by atoms with Crippen LogP contribution in [0.1, 0.15) is 25.0 Å². The summed E-state index contributed by atoms with van der Waals surface area (Å²) in [5.41, 5.74) is 0.417. The molecule has 1 amide bonds. The molecule has 4 nitrogen and oxygen atoms in total. The topological polar surface area (TPSA) is 58.6 Å². The summed E-state index contributed by atoms with van der Waals surface area (Å²) in [6.45, 7) is 2.52. The highest BCUT2D eigenvalue weighted by Crippen LogP contribution is 2.29. The fourth-order valence-corrected chi connectivity index (χ4v) is 2.15. The summed E-state index contributed by atoms with van der Waals surface area (Å²) in [6, 6.07) is 4.97. The SMILES string of the molecule is CCCOCC(=O)NCC(O)c1c(Cl)cccc1Cl. The van der Waals surface area contributed by atoms with Gasteiger partial charge in [0.25, 0.3) is 0 Å². The molecule has 0 aliphatic carbocycles. The number of aliphatic hydroxyl groups excluding tert-OH is 1. The van der Waals surface area contributed by atoms with Crippen LogP contribution in [0.2, 0.25) is 10.0 Å². The van der Waals surface area contributed by atoms with E-state index in [1.54, 1.807) is 18.2 Å². The number of benzene rings is 1. The molecule has 0 aliphatic rings. The zero-order valence-corrected chi connectivity index (χ0v) is 12.2. The highest BCUT2D eigenvalue weighted by molar-refractivity contribution is 6.36. The Hall–Kier alpha value is -0.810. The van der Waals surface area contributed by atoms with Gasteiger partial charge < -0.3 is 15.2 Å². The van der Waals surface area contributed by atoms with Crippen molar-refractivity contribution in [3.63, 3.8) is 0 Å². The Balaban J connectivity index is 2.47. The van der Waals surface area contributed by atoms with Crippen LogP contribution in [0, 0.1) is 0 Å². The third-order valence-corrected chi connectivity index (χ3v) is 3.07. The summed E-state index contributed by atoms with van der Waals surface area (Å²) in [4.78, 5) is 11.4. The van der Waals surface area contributed by atoms with Crippen LogP contribution in [0.4, 0.5) is 0 Å². The Morgan fingerprint density at radius 3 is 2.63 bits per heavy atom. The Morgan fingerprint density at radius 2 is 2.05 bits per heavy atom. The lowest BCUT2D eigenvalue weighted by Gasteiger charge is -2.15. The van der Waals surface area contributed by atoms with Crippen molar-refractivity contribution in [2.24, 2.45) is 0 Å². The van der Waals surface area contributed by atoms with Crippen LogP contribution in [-0.2, 0) is 9.53 Å². The first-order valence-corrected chi connectivity index (χ1v) is 6.78. The van der Waals surface area contributed by atoms with Crippen LogP contribution in [-0.4, -0.2) is 30.8 Å². The van der Waals surface area contributed by atoms with Crippen molar-refractivity contribution in [3.05, 3.63) is 33.8 Å². The molecule has 6 heteroatoms. The average molecular weight is 306 g/mol. The normalized spacial score (nSPS) is 12.2. The van der Waals surface area contributed by atoms with Gasteiger partial charge in [-0.3, -0.25) is 4.79 Å². The van der Waals surface area contributed by atoms with Crippen molar-refractivity contribution in [2.75, 3.05) is 19.8 Å². The van der Waals surface area contributed by atoms with Gasteiger partial charge in [-0.15, -0.1) is 0 Å². The standard InChI is InChI=1S/C13H17Cl2NO3/c1-2-6-19-8-12(18)16-7-11(17)13-9(14)4-3-5-10(13)15/h3-5,11,17H,2,6-8H2,1H3,(H,16,18). The smallest absolute Gasteiger partial charge is 0.246 e. The van der Waals surface area contributed by atoms with E-state index >= 15 is 0 Å². The number of amides is 1. The van der Waals surface area contributed by atoms with Crippen LogP contribution in [0.3, 0.4) is 0 Å². The molecule has 19 heavy (non-hydrogen) atoms. The van der Waals surface area contributed by atoms with Gasteiger partial charge in [-0.1, -0.05) is 36.2 Å². The first-order valence-electron chi connectivity index (χ1n) is 6.02. The molecule has 0 aromatic heterocycles. The van der Waals surface area contributed by atoms with E-state index in [0.717, 1.165) is 6.42 Å². The summed E-state index contributed by atoms with van der Waals surface area (Å²) in [5, 5.41) is 13.3. The predicted molar refractivity (Wildman–Crippen MR) is 75.5 cm³/mol. The van der Waals surface area contributed by atoms with Gasteiger partial charge in [-0.25, -0.2) is 0 Å². The summed E-state index contributed by atoms with van der Waals surface area (Å²) in [6.07, 6.45) is -0.0955. The van der Waals surface area contributed by atoms with Gasteiger partial charge in [0.15, 0.2) is 0 Å². The fraction of sp³-hybridized carbons (Fsp3) is 0.462. The number of carbonyl (C=O) groups excluding carboxylic acids is 1. The Kier molecular flexibility index (Phi) is 7.16. The van der Waals surface area contributed by atoms with E-state index in [2.05, 4.69) is 5.32 Å². The Bertz CT molecular complexity index is 406. The Morgan fingerprint density at radius 1 is 1.42 bits per heavy atom. The molecule has 1 aromatic rings. The third kappa shape index (κ3) is 5.37. The van der Waals surface area contributed by atoms with E-state index < -0.39 is 6.10 Å². The molecule has 0 saturated heterocycles. The van der Waals surface area contributed by atoms with Crippen molar-refractivity contribution in [1.29, 1.82) is 0 Å². The van der Waals surface area contributed by atoms with E-state index in [1.165, 1.54) is 0 Å². The molecule has 0 heterocycles. The molecule has 0 bridgehead atoms. The highest BCUT2D eigenvalue weighted by Gasteiger charge is 2.16. The number of nitrogens with one attached hydrogen (secondary N) is 1. The minimum absolute atomic E-state index is 0.0170. The number of aliphatic hydroxyl groups is 1. The van der Waals surface area contributed by atoms with Gasteiger partial charge in [-0.2, -0.15) is 0 Å². The second-order valence-electron chi connectivity index (χ2n) is 4.01. The molecule has 1 atom stereocenters. The maximum Gasteiger partial charge on any atom is 0.246 e. The second kappa shape index (κ2) is 8.38. The molecule has 0 radical (unpaired) electrons. The van der Waals surface area contributed by atoms with Gasteiger partial charge >= 0.3 is 0 Å². The number of ether oxygens (including phenoxy) is 1. The molecule has 1 unspecified atom stereocenters. The Labute approximate surface area is 122 Å². The minimum Gasteiger partial charge on any atom is -0.386 e. The van der Waals surface area contributed by atoms with E-state index in [-0.39, 0.29) is 19.1 Å². The molecule has 0 aliphatic heterocycles. The van der Waals surface area contributed by atoms with Crippen molar-refractivity contribution >= 4 is 29.1 Å². The summed E-state index contributed by atoms with van der Waals surface area (Å²) < 4.78 is 5.08. The molecule has 0 saturated carbocycles. The number of carbonyl (C=O) groups is 1. The molecule has 106 valence electrons. The van der Waals surface area contributed by atoms with E-state index in [1.807, 2.05) is 6.92 Å². The molecule has 0 spiro atoms. The lowest BCUT2D eigenvalue weighted by Crippen LogP contribution is -2.31. The van der Waals surface area contributed by atoms with E-state index in [0.29, 0.717) is 22.2 Å². The van der Waals surface area contributed by atoms with Crippen LogP contribution in [0.25, 0.3) is 0 Å². The molecule has 2 N–H and O–H groups in total. The number of hydrogen-bond acceptors (Lipinski definition) is 3. The second-order valence-corrected chi connectivity index (χ2v) is 4.82. The zero-order chi connectivity index (χ0) is 14.3. The first-order chi connectivity index (χ1) is 9.06. The van der Waals surface area contributed by atoms with Crippen molar-refractivity contribution < 1.29 is 14.6 Å². The molecule has 1 rings (SSSR count). The molecular weight excluding hydrogens is 289 g/mol. The zero-order valence-electron chi connectivity index (χ0n) is 10.7. The summed E-state index contributed by atoms with van der Waals surface area (Å²) in [7, 11) is 0. The van der Waals surface area contributed by atoms with Crippen LogP contribution < -0.4 is 5.32 Å². The van der Waals surface area contributed by atoms with Crippen LogP contribution in [0.15, 0.2) is 18.2 Å². The van der Waals surface area contributed by atoms with Gasteiger partial charge in [0.05, 0.1) is 6.10 Å². The average Bonchev–Trinajstić information content (AvgIpc) is 2.36. The number of rotatable bonds is 7. The quantitative estimate of drug-likeness (QED) is 0.761. The monoisotopic (exact) mass is 305 g/mol. The van der Waals surface area contributed by atoms with E-state index in [9.17, 15) is 9.90 Å². The lowest BCUT2D eigenvalue weighted by atomic mass is 10.1. The number of hydrogen-bond donors (Lipinski definition) is 2. The molecular formula is C13H17Cl2NO3. The summed E-state index contributed by atoms with van der Waals surface area (Å²) >= 11 is 11.9. The minimum atomic E-state index is -0.948. The fourth-order valence-electron chi connectivity index (χ4n) is 1.50. The lowest BCUT2D eigenvalue weighted by molar-refractivity contribution is -0.126. The van der Waals surface area contributed by atoms with Gasteiger partial charge in [0.2, 0.25) is 5.91 Å². The van der Waals surface area contributed by atoms with Crippen LogP contribution in [0.5, 0.6) is 0 Å². The van der Waals surface area contributed by atoms with Crippen molar-refractivity contribution in [3.8, 4) is 0 Å². The maximum absolute atomic E-state index is 11.4. The van der Waals surface area contributed by atoms with Crippen molar-refractivity contribution in [2.45, 2.75) is 19.4 Å². The maximum atomic E-state index is 11.4. The summed E-state index contributed by atoms with van der Waals surface area (Å²) in [5.74, 6) is -0.282. The first kappa shape index (κ1) is 16.2. The predicted octanol–water partition coefficient (Wildman–Crippen LogP) is 2.57. The van der Waals surface area contributed by atoms with Crippen LogP contribution >= 0.6 is 23.2 Å². The van der Waals surface area contributed by atoms with Crippen molar-refractivity contribution in [1.82, 2.24) is 5.32 Å². The molecule has 1 aromatic carbocycles. The van der Waals surface area contributed by atoms with Gasteiger partial charge in [0, 0.05) is 28.8 Å². The van der Waals surface area contributed by atoms with Gasteiger partial charge in [0.1, 0.15) is 6.61 Å². The third-order valence-electron chi connectivity index (χ3n) is 2.41. The van der Waals surface area contributed by atoms with E-state index in [4.69, 9.17) is 27.9 Å². The highest BCUT2D eigenvalue weighted by atomic mass is 35.5. The van der Waals surface area contributed by atoms with Gasteiger partial charge in [-0.05, 0) is 18.6 Å². The largest absolute Gasteiger partial charge is 0.386 e. The molecule has 0 fully saturated rings.